The van der Waals surface area contributed by atoms with Gasteiger partial charge in [0, 0.05) is 17.8 Å². The van der Waals surface area contributed by atoms with Gasteiger partial charge in [0.2, 0.25) is 0 Å². The number of aliphatic hydroxyl groups excluding tert-OH is 2. The van der Waals surface area contributed by atoms with E-state index in [1.807, 2.05) is 13.0 Å². The third-order valence-electron chi connectivity index (χ3n) is 6.98. The van der Waals surface area contributed by atoms with Crippen molar-refractivity contribution in [3.63, 3.8) is 0 Å². The molecule has 6 nitrogen and oxygen atoms in total. The molecule has 1 spiro atoms. The fraction of sp³-hybridized carbons (Fsp3) is 0.824. The maximum Gasteiger partial charge on any atom is 0.302 e. The zero-order chi connectivity index (χ0) is 16.8. The molecule has 23 heavy (non-hydrogen) atoms. The molecule has 8 atom stereocenters. The highest BCUT2D eigenvalue weighted by Crippen LogP contribution is 2.71. The number of esters is 1. The van der Waals surface area contributed by atoms with Crippen LogP contribution in [0.15, 0.2) is 11.6 Å². The number of hydrogen-bond acceptors (Lipinski definition) is 6. The molecule has 2 heterocycles. The highest BCUT2D eigenvalue weighted by Gasteiger charge is 2.82. The molecule has 2 N–H and O–H groups in total. The number of ether oxygens (including phenoxy) is 3. The summed E-state index contributed by atoms with van der Waals surface area (Å²) >= 11 is 0. The molecule has 0 aromatic carbocycles. The summed E-state index contributed by atoms with van der Waals surface area (Å²) < 4.78 is 17.6. The minimum Gasteiger partial charge on any atom is -0.460 e. The normalized spacial score (nSPS) is 57.0. The average molecular weight is 324 g/mol. The standard InChI is InChI=1S/C17H24O6/c1-8-5-11-16(4,13(20)12(8)19)15(3)6-10(22-9(2)18)14(23-11)17(15)7-21-17/h5,10-14,19-20H,6-7H2,1-4H3/t10-,11-,12?,13+,14-,15-,16-,17+/m1/s1. The van der Waals surface area contributed by atoms with E-state index >= 15 is 0 Å². The van der Waals surface area contributed by atoms with E-state index in [2.05, 4.69) is 6.92 Å². The number of carbonyl (C=O) groups excluding carboxylic acids is 1. The molecule has 0 aromatic heterocycles. The molecular weight excluding hydrogens is 300 g/mol. The van der Waals surface area contributed by atoms with Crippen molar-refractivity contribution in [1.29, 1.82) is 0 Å². The first kappa shape index (κ1) is 15.6. The topological polar surface area (TPSA) is 88.5 Å². The van der Waals surface area contributed by atoms with Gasteiger partial charge in [-0.1, -0.05) is 19.9 Å². The van der Waals surface area contributed by atoms with Crippen molar-refractivity contribution in [2.75, 3.05) is 6.61 Å². The molecule has 2 bridgehead atoms. The lowest BCUT2D eigenvalue weighted by Gasteiger charge is -2.58. The van der Waals surface area contributed by atoms with Crippen LogP contribution >= 0.6 is 0 Å². The predicted molar refractivity (Wildman–Crippen MR) is 79.5 cm³/mol. The van der Waals surface area contributed by atoms with Crippen LogP contribution in [0.2, 0.25) is 0 Å². The Morgan fingerprint density at radius 2 is 2.04 bits per heavy atom. The Labute approximate surface area is 135 Å². The number of epoxide rings is 1. The van der Waals surface area contributed by atoms with Crippen molar-refractivity contribution in [3.8, 4) is 0 Å². The highest BCUT2D eigenvalue weighted by atomic mass is 16.7. The smallest absolute Gasteiger partial charge is 0.302 e. The van der Waals surface area contributed by atoms with Gasteiger partial charge in [-0.05, 0) is 18.9 Å². The van der Waals surface area contributed by atoms with Gasteiger partial charge in [-0.15, -0.1) is 0 Å². The maximum atomic E-state index is 11.5. The zero-order valence-electron chi connectivity index (χ0n) is 13.9. The second-order valence-corrected chi connectivity index (χ2v) is 7.92. The molecule has 2 aliphatic carbocycles. The molecular formula is C17H24O6. The molecule has 4 rings (SSSR count). The monoisotopic (exact) mass is 324 g/mol. The fourth-order valence-corrected chi connectivity index (χ4v) is 5.28. The maximum absolute atomic E-state index is 11.5. The van der Waals surface area contributed by atoms with Crippen LogP contribution in [0, 0.1) is 10.8 Å². The Bertz CT molecular complexity index is 596. The number of aliphatic hydroxyl groups is 2. The van der Waals surface area contributed by atoms with Crippen molar-refractivity contribution < 1.29 is 29.2 Å². The van der Waals surface area contributed by atoms with Gasteiger partial charge in [0.15, 0.2) is 0 Å². The highest BCUT2D eigenvalue weighted by molar-refractivity contribution is 5.66. The second-order valence-electron chi connectivity index (χ2n) is 7.92. The average Bonchev–Trinajstić information content (AvgIpc) is 3.23. The van der Waals surface area contributed by atoms with Crippen LogP contribution in [0.1, 0.15) is 34.1 Å². The second kappa shape index (κ2) is 4.36. The van der Waals surface area contributed by atoms with Gasteiger partial charge in [0.1, 0.15) is 23.9 Å². The van der Waals surface area contributed by atoms with Crippen molar-refractivity contribution in [2.45, 2.75) is 70.2 Å². The zero-order valence-corrected chi connectivity index (χ0v) is 13.9. The van der Waals surface area contributed by atoms with E-state index in [1.165, 1.54) is 6.92 Å². The van der Waals surface area contributed by atoms with Crippen LogP contribution in [-0.2, 0) is 19.0 Å². The molecule has 0 radical (unpaired) electrons. The summed E-state index contributed by atoms with van der Waals surface area (Å²) in [6.07, 6.45) is -0.486. The Morgan fingerprint density at radius 1 is 1.39 bits per heavy atom. The van der Waals surface area contributed by atoms with Gasteiger partial charge in [0.25, 0.3) is 0 Å². The fourth-order valence-electron chi connectivity index (χ4n) is 5.28. The minimum atomic E-state index is -0.958. The number of carbonyl (C=O) groups is 1. The number of rotatable bonds is 1. The number of fused-ring (bicyclic) bond motifs is 2. The Hall–Kier alpha value is -0.950. The van der Waals surface area contributed by atoms with E-state index in [9.17, 15) is 15.0 Å². The molecule has 4 aliphatic rings. The third kappa shape index (κ3) is 1.60. The van der Waals surface area contributed by atoms with Gasteiger partial charge in [-0.2, -0.15) is 0 Å². The van der Waals surface area contributed by atoms with Crippen LogP contribution in [0.25, 0.3) is 0 Å². The summed E-state index contributed by atoms with van der Waals surface area (Å²) in [6, 6.07) is 0. The quantitative estimate of drug-likeness (QED) is 0.416. The summed E-state index contributed by atoms with van der Waals surface area (Å²) in [7, 11) is 0. The van der Waals surface area contributed by atoms with Crippen LogP contribution < -0.4 is 0 Å². The molecule has 0 amide bonds. The lowest BCUT2D eigenvalue weighted by atomic mass is 9.51. The van der Waals surface area contributed by atoms with Crippen molar-refractivity contribution >= 4 is 5.97 Å². The molecule has 1 saturated carbocycles. The van der Waals surface area contributed by atoms with Gasteiger partial charge in [-0.3, -0.25) is 4.79 Å². The van der Waals surface area contributed by atoms with Crippen LogP contribution in [0.5, 0.6) is 0 Å². The van der Waals surface area contributed by atoms with E-state index in [4.69, 9.17) is 14.2 Å². The first-order valence-corrected chi connectivity index (χ1v) is 8.18. The summed E-state index contributed by atoms with van der Waals surface area (Å²) in [5.41, 5.74) is -1.00. The van der Waals surface area contributed by atoms with Crippen LogP contribution in [0.4, 0.5) is 0 Å². The van der Waals surface area contributed by atoms with Gasteiger partial charge >= 0.3 is 5.97 Å². The molecule has 1 unspecified atom stereocenters. The Kier molecular flexibility index (Phi) is 2.95. The first-order valence-electron chi connectivity index (χ1n) is 8.18. The molecule has 0 aromatic rings. The van der Waals surface area contributed by atoms with E-state index in [0.717, 1.165) is 0 Å². The predicted octanol–water partition coefficient (Wildman–Crippen LogP) is 0.552. The van der Waals surface area contributed by atoms with E-state index < -0.39 is 28.6 Å². The van der Waals surface area contributed by atoms with E-state index in [0.29, 0.717) is 18.6 Å². The summed E-state index contributed by atoms with van der Waals surface area (Å²) in [5, 5.41) is 21.3. The lowest BCUT2D eigenvalue weighted by Crippen LogP contribution is -2.68. The summed E-state index contributed by atoms with van der Waals surface area (Å²) in [4.78, 5) is 11.5. The summed E-state index contributed by atoms with van der Waals surface area (Å²) in [5.74, 6) is -0.342. The molecule has 2 saturated heterocycles. The van der Waals surface area contributed by atoms with Gasteiger partial charge in [0.05, 0.1) is 18.8 Å². The molecule has 2 aliphatic heterocycles. The SMILES string of the molecule is CC(=O)O[C@@H]1C[C@]2(C)[C@]3(C)[C@@H](C=C(C)C(O)[C@@H]3O)O[C@H]1[C@@]21CO1. The van der Waals surface area contributed by atoms with Crippen molar-refractivity contribution in [3.05, 3.63) is 11.6 Å². The first-order chi connectivity index (χ1) is 10.7. The summed E-state index contributed by atoms with van der Waals surface area (Å²) in [6.45, 7) is 7.73. The van der Waals surface area contributed by atoms with Crippen molar-refractivity contribution in [2.24, 2.45) is 10.8 Å². The lowest BCUT2D eigenvalue weighted by molar-refractivity contribution is -0.243. The molecule has 3 fully saturated rings. The largest absolute Gasteiger partial charge is 0.460 e. The Balaban J connectivity index is 1.82. The Morgan fingerprint density at radius 3 is 2.61 bits per heavy atom. The van der Waals surface area contributed by atoms with Crippen LogP contribution in [-0.4, -0.2) is 58.9 Å². The minimum absolute atomic E-state index is 0.332. The van der Waals surface area contributed by atoms with Gasteiger partial charge < -0.3 is 24.4 Å². The van der Waals surface area contributed by atoms with E-state index in [1.54, 1.807) is 6.92 Å². The van der Waals surface area contributed by atoms with Gasteiger partial charge in [-0.25, -0.2) is 0 Å². The van der Waals surface area contributed by atoms with Crippen LogP contribution in [0.3, 0.4) is 0 Å². The van der Waals surface area contributed by atoms with Crippen molar-refractivity contribution in [1.82, 2.24) is 0 Å². The van der Waals surface area contributed by atoms with E-state index in [-0.39, 0.29) is 24.3 Å². The molecule has 6 heteroatoms. The number of hydrogen-bond donors (Lipinski definition) is 2. The molecule has 128 valence electrons. The third-order valence-corrected chi connectivity index (χ3v) is 6.98.